The molecule has 2 heterocycles. The first-order chi connectivity index (χ1) is 6.77. The Kier molecular flexibility index (Phi) is 2.28. The van der Waals surface area contributed by atoms with E-state index in [0.717, 1.165) is 11.4 Å². The van der Waals surface area contributed by atoms with Crippen molar-refractivity contribution in [1.82, 2.24) is 14.5 Å². The van der Waals surface area contributed by atoms with Crippen molar-refractivity contribution < 1.29 is 5.11 Å². The van der Waals surface area contributed by atoms with E-state index in [1.165, 1.54) is 0 Å². The van der Waals surface area contributed by atoms with Crippen LogP contribution in [-0.2, 0) is 0 Å². The summed E-state index contributed by atoms with van der Waals surface area (Å²) in [6.45, 7) is 1.72. The van der Waals surface area contributed by atoms with Gasteiger partial charge in [-0.15, -0.1) is 0 Å². The predicted octanol–water partition coefficient (Wildman–Crippen LogP) is 1.32. The molecule has 14 heavy (non-hydrogen) atoms. The van der Waals surface area contributed by atoms with Crippen LogP contribution in [-0.4, -0.2) is 19.6 Å². The van der Waals surface area contributed by atoms with Gasteiger partial charge < -0.3 is 5.11 Å². The zero-order valence-corrected chi connectivity index (χ0v) is 7.83. The summed E-state index contributed by atoms with van der Waals surface area (Å²) in [6, 6.07) is 3.71. The molecular weight excluding hydrogens is 178 g/mol. The first-order valence-corrected chi connectivity index (χ1v) is 4.40. The second-order valence-electron chi connectivity index (χ2n) is 3.10. The Hall–Kier alpha value is -1.68. The van der Waals surface area contributed by atoms with Gasteiger partial charge in [0.2, 0.25) is 0 Å². The highest BCUT2D eigenvalue weighted by molar-refractivity contribution is 5.26. The van der Waals surface area contributed by atoms with Crippen LogP contribution >= 0.6 is 0 Å². The molecule has 0 aliphatic heterocycles. The van der Waals surface area contributed by atoms with Gasteiger partial charge in [0.1, 0.15) is 12.1 Å². The smallest absolute Gasteiger partial charge is 0.137 e. The SMILES string of the molecule is C[C@H](O)c1ccc(-n2ccnc2)nc1. The standard InChI is InChI=1S/C10H11N3O/c1-8(14)9-2-3-10(12-6-9)13-5-4-11-7-13/h2-8,14H,1H3/t8-/m0/s1. The van der Waals surface area contributed by atoms with Crippen LogP contribution in [0, 0.1) is 0 Å². The molecule has 2 aromatic rings. The summed E-state index contributed by atoms with van der Waals surface area (Å²) < 4.78 is 1.81. The topological polar surface area (TPSA) is 50.9 Å². The molecule has 1 N–H and O–H groups in total. The number of aliphatic hydroxyl groups is 1. The van der Waals surface area contributed by atoms with Crippen molar-refractivity contribution in [2.45, 2.75) is 13.0 Å². The molecule has 2 aromatic heterocycles. The van der Waals surface area contributed by atoms with Gasteiger partial charge in [-0.2, -0.15) is 0 Å². The summed E-state index contributed by atoms with van der Waals surface area (Å²) in [5, 5.41) is 9.29. The number of hydrogen-bond donors (Lipinski definition) is 1. The highest BCUT2D eigenvalue weighted by Gasteiger charge is 2.01. The summed E-state index contributed by atoms with van der Waals surface area (Å²) >= 11 is 0. The van der Waals surface area contributed by atoms with Gasteiger partial charge in [-0.05, 0) is 18.6 Å². The number of aromatic nitrogens is 3. The minimum atomic E-state index is -0.473. The molecule has 2 rings (SSSR count). The zero-order chi connectivity index (χ0) is 9.97. The van der Waals surface area contributed by atoms with E-state index in [1.54, 1.807) is 25.6 Å². The molecule has 0 unspecified atom stereocenters. The molecule has 72 valence electrons. The average Bonchev–Trinajstić information content (AvgIpc) is 2.71. The molecule has 0 bridgehead atoms. The van der Waals surface area contributed by atoms with Crippen LogP contribution in [0.4, 0.5) is 0 Å². The summed E-state index contributed by atoms with van der Waals surface area (Å²) in [5.74, 6) is 0.798. The number of pyridine rings is 1. The molecule has 4 heteroatoms. The number of imidazole rings is 1. The van der Waals surface area contributed by atoms with Crippen LogP contribution < -0.4 is 0 Å². The lowest BCUT2D eigenvalue weighted by Crippen LogP contribution is -1.97. The minimum absolute atomic E-state index is 0.473. The molecular formula is C10H11N3O. The third kappa shape index (κ3) is 1.65. The van der Waals surface area contributed by atoms with E-state index in [4.69, 9.17) is 0 Å². The van der Waals surface area contributed by atoms with E-state index >= 15 is 0 Å². The van der Waals surface area contributed by atoms with E-state index in [1.807, 2.05) is 22.9 Å². The second-order valence-corrected chi connectivity index (χ2v) is 3.10. The maximum Gasteiger partial charge on any atom is 0.137 e. The molecule has 0 fully saturated rings. The van der Waals surface area contributed by atoms with Crippen molar-refractivity contribution in [1.29, 1.82) is 0 Å². The molecule has 0 aromatic carbocycles. The molecule has 0 aliphatic carbocycles. The van der Waals surface area contributed by atoms with Crippen LogP contribution in [0.25, 0.3) is 5.82 Å². The molecule has 0 saturated heterocycles. The Morgan fingerprint density at radius 3 is 2.79 bits per heavy atom. The van der Waals surface area contributed by atoms with Crippen molar-refractivity contribution >= 4 is 0 Å². The first-order valence-electron chi connectivity index (χ1n) is 4.40. The molecule has 0 aliphatic rings. The third-order valence-corrected chi connectivity index (χ3v) is 2.02. The molecule has 0 spiro atoms. The monoisotopic (exact) mass is 189 g/mol. The zero-order valence-electron chi connectivity index (χ0n) is 7.83. The van der Waals surface area contributed by atoms with Gasteiger partial charge in [0.25, 0.3) is 0 Å². The van der Waals surface area contributed by atoms with Crippen LogP contribution in [0.3, 0.4) is 0 Å². The van der Waals surface area contributed by atoms with Crippen LogP contribution in [0.15, 0.2) is 37.1 Å². The Balaban J connectivity index is 2.31. The summed E-state index contributed by atoms with van der Waals surface area (Å²) in [6.07, 6.45) is 6.40. The maximum absolute atomic E-state index is 9.29. The second kappa shape index (κ2) is 3.59. The quantitative estimate of drug-likeness (QED) is 0.775. The Bertz CT molecular complexity index is 392. The van der Waals surface area contributed by atoms with Crippen molar-refractivity contribution in [2.75, 3.05) is 0 Å². The van der Waals surface area contributed by atoms with Gasteiger partial charge in [0.05, 0.1) is 6.10 Å². The van der Waals surface area contributed by atoms with Gasteiger partial charge in [0.15, 0.2) is 0 Å². The molecule has 4 nitrogen and oxygen atoms in total. The number of rotatable bonds is 2. The van der Waals surface area contributed by atoms with Crippen LogP contribution in [0.2, 0.25) is 0 Å². The van der Waals surface area contributed by atoms with Crippen molar-refractivity contribution in [3.05, 3.63) is 42.6 Å². The van der Waals surface area contributed by atoms with Crippen LogP contribution in [0.1, 0.15) is 18.6 Å². The fraction of sp³-hybridized carbons (Fsp3) is 0.200. The van der Waals surface area contributed by atoms with Gasteiger partial charge >= 0.3 is 0 Å². The number of hydrogen-bond acceptors (Lipinski definition) is 3. The Morgan fingerprint density at radius 2 is 2.29 bits per heavy atom. The summed E-state index contributed by atoms with van der Waals surface area (Å²) in [7, 11) is 0. The van der Waals surface area contributed by atoms with Crippen molar-refractivity contribution in [3.8, 4) is 5.82 Å². The van der Waals surface area contributed by atoms with E-state index in [0.29, 0.717) is 0 Å². The van der Waals surface area contributed by atoms with Crippen molar-refractivity contribution in [2.24, 2.45) is 0 Å². The van der Waals surface area contributed by atoms with E-state index in [9.17, 15) is 5.11 Å². The minimum Gasteiger partial charge on any atom is -0.389 e. The van der Waals surface area contributed by atoms with Crippen molar-refractivity contribution in [3.63, 3.8) is 0 Å². The highest BCUT2D eigenvalue weighted by Crippen LogP contribution is 2.11. The summed E-state index contributed by atoms with van der Waals surface area (Å²) in [5.41, 5.74) is 0.814. The molecule has 0 saturated carbocycles. The lowest BCUT2D eigenvalue weighted by molar-refractivity contribution is 0.199. The number of aliphatic hydroxyl groups excluding tert-OH is 1. The fourth-order valence-corrected chi connectivity index (χ4v) is 1.19. The van der Waals surface area contributed by atoms with E-state index in [2.05, 4.69) is 9.97 Å². The van der Waals surface area contributed by atoms with Gasteiger partial charge in [0, 0.05) is 18.6 Å². The fourth-order valence-electron chi connectivity index (χ4n) is 1.19. The molecule has 0 amide bonds. The van der Waals surface area contributed by atoms with E-state index < -0.39 is 6.10 Å². The average molecular weight is 189 g/mol. The van der Waals surface area contributed by atoms with Gasteiger partial charge in [-0.3, -0.25) is 4.57 Å². The Labute approximate surface area is 81.9 Å². The molecule has 0 radical (unpaired) electrons. The maximum atomic E-state index is 9.29. The van der Waals surface area contributed by atoms with Gasteiger partial charge in [-0.25, -0.2) is 9.97 Å². The summed E-state index contributed by atoms with van der Waals surface area (Å²) in [4.78, 5) is 8.14. The van der Waals surface area contributed by atoms with Crippen LogP contribution in [0.5, 0.6) is 0 Å². The lowest BCUT2D eigenvalue weighted by atomic mass is 10.2. The first kappa shape index (κ1) is 8.90. The van der Waals surface area contributed by atoms with Gasteiger partial charge in [-0.1, -0.05) is 6.07 Å². The third-order valence-electron chi connectivity index (χ3n) is 2.02. The number of nitrogens with zero attached hydrogens (tertiary/aromatic N) is 3. The predicted molar refractivity (Wildman–Crippen MR) is 52.0 cm³/mol. The normalized spacial score (nSPS) is 12.7. The largest absolute Gasteiger partial charge is 0.389 e. The lowest BCUT2D eigenvalue weighted by Gasteiger charge is -2.05. The highest BCUT2D eigenvalue weighted by atomic mass is 16.3. The van der Waals surface area contributed by atoms with E-state index in [-0.39, 0.29) is 0 Å². The Morgan fingerprint density at radius 1 is 1.43 bits per heavy atom. The molecule has 1 atom stereocenters.